The van der Waals surface area contributed by atoms with Crippen molar-refractivity contribution in [3.05, 3.63) is 70.0 Å². The van der Waals surface area contributed by atoms with Gasteiger partial charge in [-0.3, -0.25) is 14.7 Å². The van der Waals surface area contributed by atoms with Crippen LogP contribution in [0.25, 0.3) is 11.5 Å². The molecule has 0 saturated heterocycles. The van der Waals surface area contributed by atoms with Gasteiger partial charge in [-0.1, -0.05) is 12.1 Å². The number of fused-ring (bicyclic) bond motifs is 1. The van der Waals surface area contributed by atoms with Gasteiger partial charge in [0.25, 0.3) is 5.56 Å². The highest BCUT2D eigenvalue weighted by atomic mass is 16.5. The minimum Gasteiger partial charge on any atom is -0.497 e. The molecule has 3 aromatic rings. The summed E-state index contributed by atoms with van der Waals surface area (Å²) in [5, 5.41) is 0. The van der Waals surface area contributed by atoms with E-state index in [9.17, 15) is 4.79 Å². The second-order valence-electron chi connectivity index (χ2n) is 6.24. The van der Waals surface area contributed by atoms with Gasteiger partial charge in [0.05, 0.1) is 24.6 Å². The molecule has 0 unspecified atom stereocenters. The Balaban J connectivity index is 1.56. The zero-order valence-electron chi connectivity index (χ0n) is 14.5. The fraction of sp³-hybridized carbons (Fsp3) is 0.263. The smallest absolute Gasteiger partial charge is 0.255 e. The maximum Gasteiger partial charge on any atom is 0.255 e. The molecule has 7 nitrogen and oxygen atoms in total. The van der Waals surface area contributed by atoms with Gasteiger partial charge in [-0.2, -0.15) is 0 Å². The Morgan fingerprint density at radius 2 is 2.23 bits per heavy atom. The quantitative estimate of drug-likeness (QED) is 0.773. The van der Waals surface area contributed by atoms with Gasteiger partial charge in [0.15, 0.2) is 5.82 Å². The standard InChI is InChI=1S/C19H19N5O2/c1-26-14-4-2-3-13(9-14)11-24-8-5-16-15(12-24)19(25)23-18(22-16)17-10-20-6-7-21-17/h2-4,6-7,9-10H,5,8,11-12H2,1H3,(H,22,23,25). The lowest BCUT2D eigenvalue weighted by Crippen LogP contribution is -2.35. The summed E-state index contributed by atoms with van der Waals surface area (Å²) in [7, 11) is 1.66. The summed E-state index contributed by atoms with van der Waals surface area (Å²) in [6.45, 7) is 2.19. The van der Waals surface area contributed by atoms with Crippen molar-refractivity contribution in [1.29, 1.82) is 0 Å². The summed E-state index contributed by atoms with van der Waals surface area (Å²) >= 11 is 0. The van der Waals surface area contributed by atoms with Gasteiger partial charge in [0, 0.05) is 38.4 Å². The number of nitrogens with one attached hydrogen (secondary N) is 1. The number of ether oxygens (including phenoxy) is 1. The van der Waals surface area contributed by atoms with Crippen LogP contribution in [-0.2, 0) is 19.5 Å². The largest absolute Gasteiger partial charge is 0.497 e. The minimum absolute atomic E-state index is 0.106. The average Bonchev–Trinajstić information content (AvgIpc) is 2.69. The Kier molecular flexibility index (Phi) is 4.45. The molecule has 1 N–H and O–H groups in total. The molecule has 7 heteroatoms. The fourth-order valence-corrected chi connectivity index (χ4v) is 3.19. The summed E-state index contributed by atoms with van der Waals surface area (Å²) in [6.07, 6.45) is 5.51. The van der Waals surface area contributed by atoms with Crippen LogP contribution in [-0.4, -0.2) is 38.5 Å². The highest BCUT2D eigenvalue weighted by Crippen LogP contribution is 2.20. The van der Waals surface area contributed by atoms with E-state index in [0.717, 1.165) is 42.1 Å². The number of methoxy groups -OCH3 is 1. The Hall–Kier alpha value is -3.06. The van der Waals surface area contributed by atoms with E-state index in [1.807, 2.05) is 18.2 Å². The van der Waals surface area contributed by atoms with Crippen LogP contribution in [0.15, 0.2) is 47.7 Å². The third-order valence-corrected chi connectivity index (χ3v) is 4.49. The van der Waals surface area contributed by atoms with E-state index < -0.39 is 0 Å². The molecule has 0 fully saturated rings. The number of hydrogen-bond acceptors (Lipinski definition) is 6. The molecule has 0 amide bonds. The maximum absolute atomic E-state index is 12.6. The first-order chi connectivity index (χ1) is 12.7. The number of nitrogens with zero attached hydrogens (tertiary/aromatic N) is 4. The molecule has 0 aliphatic carbocycles. The molecule has 4 rings (SSSR count). The summed E-state index contributed by atoms with van der Waals surface area (Å²) < 4.78 is 5.28. The van der Waals surface area contributed by atoms with E-state index in [0.29, 0.717) is 18.1 Å². The van der Waals surface area contributed by atoms with Crippen LogP contribution < -0.4 is 10.3 Å². The van der Waals surface area contributed by atoms with Crippen molar-refractivity contribution >= 4 is 0 Å². The lowest BCUT2D eigenvalue weighted by molar-refractivity contribution is 0.241. The molecule has 2 aromatic heterocycles. The predicted octanol–water partition coefficient (Wildman–Crippen LogP) is 1.79. The minimum atomic E-state index is -0.106. The molecule has 0 spiro atoms. The second kappa shape index (κ2) is 7.05. The molecule has 0 radical (unpaired) electrons. The van der Waals surface area contributed by atoms with Crippen molar-refractivity contribution in [2.75, 3.05) is 13.7 Å². The topological polar surface area (TPSA) is 84.0 Å². The van der Waals surface area contributed by atoms with E-state index >= 15 is 0 Å². The molecule has 0 saturated carbocycles. The van der Waals surface area contributed by atoms with Gasteiger partial charge in [0.1, 0.15) is 11.4 Å². The van der Waals surface area contributed by atoms with Crippen LogP contribution in [0, 0.1) is 0 Å². The molecule has 0 bridgehead atoms. The third kappa shape index (κ3) is 3.34. The highest BCUT2D eigenvalue weighted by Gasteiger charge is 2.22. The zero-order valence-corrected chi connectivity index (χ0v) is 14.5. The number of aromatic amines is 1. The summed E-state index contributed by atoms with van der Waals surface area (Å²) in [4.78, 5) is 30.5. The van der Waals surface area contributed by atoms with Crippen LogP contribution >= 0.6 is 0 Å². The first-order valence-corrected chi connectivity index (χ1v) is 8.46. The SMILES string of the molecule is COc1cccc(CN2CCc3nc(-c4cnccn4)[nH]c(=O)c3C2)c1. The van der Waals surface area contributed by atoms with Gasteiger partial charge < -0.3 is 9.72 Å². The van der Waals surface area contributed by atoms with Crippen molar-refractivity contribution in [3.8, 4) is 17.3 Å². The monoisotopic (exact) mass is 349 g/mol. The zero-order chi connectivity index (χ0) is 17.9. The van der Waals surface area contributed by atoms with Gasteiger partial charge in [-0.05, 0) is 17.7 Å². The molecule has 1 aliphatic rings. The van der Waals surface area contributed by atoms with Crippen LogP contribution in [0.5, 0.6) is 5.75 Å². The molecule has 132 valence electrons. The summed E-state index contributed by atoms with van der Waals surface area (Å²) in [6, 6.07) is 8.00. The van der Waals surface area contributed by atoms with Crippen LogP contribution in [0.2, 0.25) is 0 Å². The molecule has 3 heterocycles. The second-order valence-corrected chi connectivity index (χ2v) is 6.24. The summed E-state index contributed by atoms with van der Waals surface area (Å²) in [5.74, 6) is 1.32. The Morgan fingerprint density at radius 1 is 1.31 bits per heavy atom. The third-order valence-electron chi connectivity index (χ3n) is 4.49. The molecule has 1 aromatic carbocycles. The van der Waals surface area contributed by atoms with E-state index in [2.05, 4.69) is 30.9 Å². The molecular weight excluding hydrogens is 330 g/mol. The Labute approximate surface area is 150 Å². The average molecular weight is 349 g/mol. The van der Waals surface area contributed by atoms with Gasteiger partial charge >= 0.3 is 0 Å². The number of benzene rings is 1. The van der Waals surface area contributed by atoms with Crippen LogP contribution in [0.4, 0.5) is 0 Å². The number of H-pyrrole nitrogens is 1. The maximum atomic E-state index is 12.6. The van der Waals surface area contributed by atoms with Crippen LogP contribution in [0.1, 0.15) is 16.8 Å². The van der Waals surface area contributed by atoms with Crippen molar-refractivity contribution in [3.63, 3.8) is 0 Å². The number of rotatable bonds is 4. The Bertz CT molecular complexity index is 971. The fourth-order valence-electron chi connectivity index (χ4n) is 3.19. The van der Waals surface area contributed by atoms with Gasteiger partial charge in [-0.25, -0.2) is 9.97 Å². The predicted molar refractivity (Wildman–Crippen MR) is 96.7 cm³/mol. The normalized spacial score (nSPS) is 14.0. The lowest BCUT2D eigenvalue weighted by Gasteiger charge is -2.27. The lowest BCUT2D eigenvalue weighted by atomic mass is 10.1. The van der Waals surface area contributed by atoms with Gasteiger partial charge in [-0.15, -0.1) is 0 Å². The van der Waals surface area contributed by atoms with Crippen molar-refractivity contribution in [1.82, 2.24) is 24.8 Å². The molecular formula is C19H19N5O2. The van der Waals surface area contributed by atoms with Crippen molar-refractivity contribution in [2.45, 2.75) is 19.5 Å². The summed E-state index contributed by atoms with van der Waals surface area (Å²) in [5.41, 5.74) is 3.20. The van der Waals surface area contributed by atoms with Gasteiger partial charge in [0.2, 0.25) is 0 Å². The van der Waals surface area contributed by atoms with E-state index in [-0.39, 0.29) is 5.56 Å². The van der Waals surface area contributed by atoms with Crippen molar-refractivity contribution < 1.29 is 4.74 Å². The molecule has 0 atom stereocenters. The first-order valence-electron chi connectivity index (χ1n) is 8.46. The highest BCUT2D eigenvalue weighted by molar-refractivity contribution is 5.47. The first kappa shape index (κ1) is 16.4. The number of hydrogen-bond donors (Lipinski definition) is 1. The molecule has 1 aliphatic heterocycles. The Morgan fingerprint density at radius 3 is 3.04 bits per heavy atom. The van der Waals surface area contributed by atoms with Crippen LogP contribution in [0.3, 0.4) is 0 Å². The molecule has 26 heavy (non-hydrogen) atoms. The van der Waals surface area contributed by atoms with Crippen molar-refractivity contribution in [2.24, 2.45) is 0 Å². The van der Waals surface area contributed by atoms with E-state index in [1.165, 1.54) is 0 Å². The van der Waals surface area contributed by atoms with E-state index in [1.54, 1.807) is 25.7 Å². The number of aromatic nitrogens is 4. The van der Waals surface area contributed by atoms with E-state index in [4.69, 9.17) is 4.74 Å².